The van der Waals surface area contributed by atoms with Crippen molar-refractivity contribution in [1.29, 1.82) is 0 Å². The molecule has 20 nitrogen and oxygen atoms in total. The molecule has 3 heterocycles. The van der Waals surface area contributed by atoms with E-state index in [1.165, 1.54) is 37.3 Å². The highest BCUT2D eigenvalue weighted by Gasteiger charge is 2.54. The normalized spacial score (nSPS) is 46.4. The number of benzene rings is 1. The van der Waals surface area contributed by atoms with Crippen molar-refractivity contribution in [1.82, 2.24) is 5.32 Å². The fourth-order valence-corrected chi connectivity index (χ4v) is 6.56. The summed E-state index contributed by atoms with van der Waals surface area (Å²) in [6.07, 6.45) is -26.3. The largest absolute Gasteiger partial charge is 0.508 e. The van der Waals surface area contributed by atoms with Crippen molar-refractivity contribution < 1.29 is 94.8 Å². The minimum absolute atomic E-state index is 0.0190. The van der Waals surface area contributed by atoms with E-state index in [0.29, 0.717) is 0 Å². The van der Waals surface area contributed by atoms with Crippen LogP contribution >= 0.6 is 0 Å². The highest BCUT2D eigenvalue weighted by molar-refractivity contribution is 5.30. The van der Waals surface area contributed by atoms with Crippen LogP contribution in [0.4, 0.5) is 0 Å². The molecule has 0 amide bonds. The Labute approximate surface area is 290 Å². The maximum absolute atomic E-state index is 11.1. The van der Waals surface area contributed by atoms with Crippen molar-refractivity contribution in [3.05, 3.63) is 35.9 Å². The quantitative estimate of drug-likeness (QED) is 0.0938. The Morgan fingerprint density at radius 3 is 1.69 bits per heavy atom. The van der Waals surface area contributed by atoms with E-state index < -0.39 is 136 Å². The predicted molar refractivity (Wildman–Crippen MR) is 164 cm³/mol. The second-order valence-electron chi connectivity index (χ2n) is 13.0. The molecular formula is C31H47NO19. The molecule has 0 saturated carbocycles. The Hall–Kier alpha value is -2.16. The van der Waals surface area contributed by atoms with Crippen LogP contribution in [0.3, 0.4) is 0 Å². The Balaban J connectivity index is 1.22. The number of ether oxygens (including phenoxy) is 6. The van der Waals surface area contributed by atoms with Gasteiger partial charge >= 0.3 is 0 Å². The fraction of sp³-hybridized carbons (Fsp3) is 0.742. The minimum atomic E-state index is -1.95. The molecule has 51 heavy (non-hydrogen) atoms. The molecular weight excluding hydrogens is 690 g/mol. The number of nitrogens with one attached hydrogen (secondary N) is 1. The lowest BCUT2D eigenvalue weighted by Crippen LogP contribution is -2.68. The van der Waals surface area contributed by atoms with E-state index in [4.69, 9.17) is 28.4 Å². The molecule has 1 aliphatic carbocycles. The van der Waals surface area contributed by atoms with E-state index >= 15 is 0 Å². The Morgan fingerprint density at radius 1 is 0.627 bits per heavy atom. The summed E-state index contributed by atoms with van der Waals surface area (Å²) in [5.74, 6) is 0.105. The number of rotatable bonds is 11. The van der Waals surface area contributed by atoms with Crippen molar-refractivity contribution in [2.45, 2.75) is 123 Å². The van der Waals surface area contributed by atoms with Gasteiger partial charge in [0.05, 0.1) is 38.0 Å². The second-order valence-corrected chi connectivity index (χ2v) is 13.0. The van der Waals surface area contributed by atoms with E-state index in [9.17, 15) is 66.4 Å². The van der Waals surface area contributed by atoms with Gasteiger partial charge in [0.15, 0.2) is 12.6 Å². The van der Waals surface area contributed by atoms with E-state index in [0.717, 1.165) is 0 Å². The third-order valence-corrected chi connectivity index (χ3v) is 9.55. The lowest BCUT2D eigenvalue weighted by molar-refractivity contribution is -0.372. The van der Waals surface area contributed by atoms with Gasteiger partial charge in [-0.1, -0.05) is 6.08 Å². The van der Waals surface area contributed by atoms with Crippen LogP contribution in [0.2, 0.25) is 0 Å². The molecule has 14 N–H and O–H groups in total. The van der Waals surface area contributed by atoms with E-state index in [-0.39, 0.29) is 17.1 Å². The topological polar surface area (TPSA) is 330 Å². The van der Waals surface area contributed by atoms with Gasteiger partial charge in [0.1, 0.15) is 90.9 Å². The second kappa shape index (κ2) is 16.9. The number of phenolic OH excluding ortho intramolecular Hbond substituents is 1. The van der Waals surface area contributed by atoms with Crippen LogP contribution in [0.1, 0.15) is 6.92 Å². The van der Waals surface area contributed by atoms with Gasteiger partial charge in [-0.15, -0.1) is 0 Å². The first-order valence-corrected chi connectivity index (χ1v) is 16.3. The summed E-state index contributed by atoms with van der Waals surface area (Å²) < 4.78 is 33.9. The Kier molecular flexibility index (Phi) is 13.3. The van der Waals surface area contributed by atoms with E-state index in [2.05, 4.69) is 5.32 Å². The molecule has 0 spiro atoms. The van der Waals surface area contributed by atoms with Crippen LogP contribution < -0.4 is 10.1 Å². The third kappa shape index (κ3) is 8.33. The molecule has 19 unspecified atom stereocenters. The molecule has 0 radical (unpaired) electrons. The predicted octanol–water partition coefficient (Wildman–Crippen LogP) is -6.77. The number of aromatic hydroxyl groups is 1. The van der Waals surface area contributed by atoms with E-state index in [1.54, 1.807) is 0 Å². The summed E-state index contributed by atoms with van der Waals surface area (Å²) in [7, 11) is 0. The van der Waals surface area contributed by atoms with Gasteiger partial charge in [-0.3, -0.25) is 0 Å². The van der Waals surface area contributed by atoms with Crippen LogP contribution in [0.25, 0.3) is 0 Å². The zero-order valence-electron chi connectivity index (χ0n) is 27.2. The summed E-state index contributed by atoms with van der Waals surface area (Å²) in [5, 5.41) is 138. The minimum Gasteiger partial charge on any atom is -0.508 e. The Bertz CT molecular complexity index is 1290. The van der Waals surface area contributed by atoms with Crippen LogP contribution in [0.5, 0.6) is 11.5 Å². The molecule has 290 valence electrons. The van der Waals surface area contributed by atoms with Gasteiger partial charge < -0.3 is 100 Å². The number of aliphatic hydroxyl groups is 12. The number of phenols is 1. The van der Waals surface area contributed by atoms with Gasteiger partial charge in [0.2, 0.25) is 6.29 Å². The summed E-state index contributed by atoms with van der Waals surface area (Å²) in [5.41, 5.74) is 0.0190. The van der Waals surface area contributed by atoms with Crippen molar-refractivity contribution >= 4 is 0 Å². The lowest BCUT2D eigenvalue weighted by atomic mass is 9.86. The van der Waals surface area contributed by atoms with Crippen molar-refractivity contribution in [2.75, 3.05) is 19.8 Å². The number of hydrogen-bond acceptors (Lipinski definition) is 20. The molecule has 20 heteroatoms. The SMILES string of the molecule is CC1OC(OC2C(CO)OC(OC3C(CO)OC(Oc4ccc(O)cc4)C(O)C3O)C(O)C2O)C(O)C(O)C1NC1C=C(CO)C(O)C(O)C1O. The smallest absolute Gasteiger partial charge is 0.229 e. The lowest BCUT2D eigenvalue weighted by Gasteiger charge is -2.48. The number of hydrogen-bond donors (Lipinski definition) is 14. The highest BCUT2D eigenvalue weighted by Crippen LogP contribution is 2.33. The summed E-state index contributed by atoms with van der Waals surface area (Å²) in [4.78, 5) is 0. The van der Waals surface area contributed by atoms with Crippen LogP contribution in [-0.2, 0) is 23.7 Å². The summed E-state index contributed by atoms with van der Waals surface area (Å²) >= 11 is 0. The van der Waals surface area contributed by atoms with Gasteiger partial charge in [-0.05, 0) is 36.8 Å². The van der Waals surface area contributed by atoms with Gasteiger partial charge in [0.25, 0.3) is 0 Å². The standard InChI is InChI=1S/C31H47NO19/c1-10-17(32-14-6-11(7-33)18(37)21(40)19(14)38)20(39)24(43)29(46-10)50-27-16(9-35)49-31(26(45)23(27)42)51-28-15(8-34)48-30(25(44)22(28)41)47-13-4-2-12(36)3-5-13/h2-6,10,14-45H,7-9H2,1H3. The van der Waals surface area contributed by atoms with Crippen molar-refractivity contribution in [2.24, 2.45) is 0 Å². The first-order chi connectivity index (χ1) is 24.2. The van der Waals surface area contributed by atoms with Crippen LogP contribution in [-0.4, -0.2) is 203 Å². The molecule has 5 rings (SSSR count). The zero-order chi connectivity index (χ0) is 37.3. The molecule has 1 aromatic carbocycles. The van der Waals surface area contributed by atoms with Gasteiger partial charge in [-0.2, -0.15) is 0 Å². The zero-order valence-corrected chi connectivity index (χ0v) is 27.2. The summed E-state index contributed by atoms with van der Waals surface area (Å²) in [6.45, 7) is -0.753. The molecule has 3 fully saturated rings. The Morgan fingerprint density at radius 2 is 1.14 bits per heavy atom. The molecule has 3 saturated heterocycles. The molecule has 19 atom stereocenters. The molecule has 3 aliphatic heterocycles. The highest BCUT2D eigenvalue weighted by atomic mass is 16.8. The third-order valence-electron chi connectivity index (χ3n) is 9.55. The van der Waals surface area contributed by atoms with E-state index in [1.807, 2.05) is 0 Å². The monoisotopic (exact) mass is 737 g/mol. The summed E-state index contributed by atoms with van der Waals surface area (Å²) in [6, 6.07) is 3.18. The molecule has 4 aliphatic rings. The fourth-order valence-electron chi connectivity index (χ4n) is 6.56. The van der Waals surface area contributed by atoms with Gasteiger partial charge in [-0.25, -0.2) is 0 Å². The first-order valence-electron chi connectivity index (χ1n) is 16.3. The molecule has 0 bridgehead atoms. The van der Waals surface area contributed by atoms with Crippen LogP contribution in [0.15, 0.2) is 35.9 Å². The first kappa shape index (κ1) is 40.0. The average molecular weight is 738 g/mol. The van der Waals surface area contributed by atoms with Crippen LogP contribution in [0, 0.1) is 0 Å². The molecule has 0 aromatic heterocycles. The van der Waals surface area contributed by atoms with Gasteiger partial charge in [0, 0.05) is 0 Å². The molecule has 1 aromatic rings. The maximum atomic E-state index is 11.1. The maximum Gasteiger partial charge on any atom is 0.229 e. The van der Waals surface area contributed by atoms with Crippen molar-refractivity contribution in [3.8, 4) is 11.5 Å². The van der Waals surface area contributed by atoms with Crippen molar-refractivity contribution in [3.63, 3.8) is 0 Å². The average Bonchev–Trinajstić information content (AvgIpc) is 3.12. The number of aliphatic hydroxyl groups excluding tert-OH is 12.